The van der Waals surface area contributed by atoms with E-state index in [1.54, 1.807) is 0 Å². The van der Waals surface area contributed by atoms with Crippen LogP contribution in [0.1, 0.15) is 43.9 Å². The van der Waals surface area contributed by atoms with Gasteiger partial charge in [0.1, 0.15) is 0 Å². The molecule has 0 saturated heterocycles. The molecule has 0 aliphatic rings. The van der Waals surface area contributed by atoms with Gasteiger partial charge >= 0.3 is 11.8 Å². The molecule has 0 radical (unpaired) electrons. The first-order valence-electron chi connectivity index (χ1n) is 8.36. The Labute approximate surface area is 143 Å². The maximum absolute atomic E-state index is 12.0. The lowest BCUT2D eigenvalue weighted by Crippen LogP contribution is -2.36. The normalized spacial score (nSPS) is 11.6. The van der Waals surface area contributed by atoms with Crippen molar-refractivity contribution in [1.82, 2.24) is 5.32 Å². The smallest absolute Gasteiger partial charge is 0.313 e. The summed E-state index contributed by atoms with van der Waals surface area (Å²) < 4.78 is 0. The van der Waals surface area contributed by atoms with Crippen molar-refractivity contribution in [3.8, 4) is 0 Å². The molecule has 4 nitrogen and oxygen atoms in total. The maximum atomic E-state index is 12.0. The highest BCUT2D eigenvalue weighted by Crippen LogP contribution is 2.13. The van der Waals surface area contributed by atoms with Gasteiger partial charge in [-0.2, -0.15) is 0 Å². The molecule has 0 saturated carbocycles. The van der Waals surface area contributed by atoms with Gasteiger partial charge in [0.25, 0.3) is 0 Å². The third-order valence-corrected chi connectivity index (χ3v) is 3.88. The number of hydrogen-bond donors (Lipinski definition) is 2. The van der Waals surface area contributed by atoms with Gasteiger partial charge in [-0.3, -0.25) is 9.59 Å². The topological polar surface area (TPSA) is 58.2 Å². The van der Waals surface area contributed by atoms with Crippen molar-refractivity contribution in [2.45, 2.75) is 39.2 Å². The first-order chi connectivity index (χ1) is 11.6. The number of hydrogen-bond acceptors (Lipinski definition) is 2. The van der Waals surface area contributed by atoms with E-state index in [0.717, 1.165) is 24.8 Å². The number of carbonyl (C=O) groups is 2. The summed E-state index contributed by atoms with van der Waals surface area (Å²) >= 11 is 0. The summed E-state index contributed by atoms with van der Waals surface area (Å²) in [5.41, 5.74) is 2.82. The van der Waals surface area contributed by atoms with Gasteiger partial charge in [-0.15, -0.1) is 0 Å². The van der Waals surface area contributed by atoms with E-state index in [2.05, 4.69) is 17.6 Å². The van der Waals surface area contributed by atoms with Gasteiger partial charge in [0, 0.05) is 5.69 Å². The standard InChI is InChI=1S/C20H24N2O2/c1-3-4-8-16-11-13-18(14-12-16)22-20(24)19(23)21-15(2)17-9-6-5-7-10-17/h5-7,9-15H,3-4,8H2,1-2H3,(H,21,23)(H,22,24)/t15-/m0/s1. The minimum atomic E-state index is -0.654. The quantitative estimate of drug-likeness (QED) is 0.793. The molecule has 0 aliphatic heterocycles. The number of rotatable bonds is 6. The molecule has 0 bridgehead atoms. The highest BCUT2D eigenvalue weighted by atomic mass is 16.2. The molecule has 0 spiro atoms. The first kappa shape index (κ1) is 17.7. The second kappa shape index (κ2) is 8.87. The predicted octanol–water partition coefficient (Wildman–Crippen LogP) is 3.85. The Morgan fingerprint density at radius 3 is 2.25 bits per heavy atom. The van der Waals surface area contributed by atoms with Gasteiger partial charge in [0.2, 0.25) is 0 Å². The third-order valence-electron chi connectivity index (χ3n) is 3.88. The van der Waals surface area contributed by atoms with E-state index in [4.69, 9.17) is 0 Å². The monoisotopic (exact) mass is 324 g/mol. The molecule has 126 valence electrons. The van der Waals surface area contributed by atoms with Crippen LogP contribution >= 0.6 is 0 Å². The summed E-state index contributed by atoms with van der Waals surface area (Å²) in [7, 11) is 0. The Kier molecular flexibility index (Phi) is 6.55. The van der Waals surface area contributed by atoms with Crippen molar-refractivity contribution in [3.63, 3.8) is 0 Å². The van der Waals surface area contributed by atoms with Crippen molar-refractivity contribution in [2.75, 3.05) is 5.32 Å². The molecule has 0 aromatic heterocycles. The van der Waals surface area contributed by atoms with E-state index in [1.807, 2.05) is 61.5 Å². The largest absolute Gasteiger partial charge is 0.341 e. The lowest BCUT2D eigenvalue weighted by Gasteiger charge is -2.14. The summed E-state index contributed by atoms with van der Waals surface area (Å²) in [6, 6.07) is 16.9. The van der Waals surface area contributed by atoms with E-state index in [9.17, 15) is 9.59 Å². The number of anilines is 1. The van der Waals surface area contributed by atoms with Gasteiger partial charge in [-0.1, -0.05) is 55.8 Å². The Morgan fingerprint density at radius 1 is 0.958 bits per heavy atom. The van der Waals surface area contributed by atoms with Gasteiger partial charge in [0.05, 0.1) is 6.04 Å². The van der Waals surface area contributed by atoms with Gasteiger partial charge in [-0.05, 0) is 43.0 Å². The third kappa shape index (κ3) is 5.23. The van der Waals surface area contributed by atoms with Crippen LogP contribution in [0.15, 0.2) is 54.6 Å². The average Bonchev–Trinajstić information content (AvgIpc) is 2.61. The Bertz CT molecular complexity index is 666. The second-order valence-corrected chi connectivity index (χ2v) is 5.86. The summed E-state index contributed by atoms with van der Waals surface area (Å²) in [6.45, 7) is 4.01. The van der Waals surface area contributed by atoms with Crippen molar-refractivity contribution in [3.05, 3.63) is 65.7 Å². The van der Waals surface area contributed by atoms with Gasteiger partial charge < -0.3 is 10.6 Å². The number of carbonyl (C=O) groups excluding carboxylic acids is 2. The van der Waals surface area contributed by atoms with Crippen molar-refractivity contribution < 1.29 is 9.59 Å². The lowest BCUT2D eigenvalue weighted by atomic mass is 10.1. The van der Waals surface area contributed by atoms with Crippen LogP contribution < -0.4 is 10.6 Å². The number of benzene rings is 2. The molecule has 2 N–H and O–H groups in total. The molecular formula is C20H24N2O2. The summed E-state index contributed by atoms with van der Waals surface area (Å²) in [4.78, 5) is 24.0. The number of amides is 2. The van der Waals surface area contributed by atoms with Gasteiger partial charge in [-0.25, -0.2) is 0 Å². The van der Waals surface area contributed by atoms with E-state index < -0.39 is 11.8 Å². The molecule has 2 rings (SSSR count). The maximum Gasteiger partial charge on any atom is 0.313 e. The average molecular weight is 324 g/mol. The molecule has 0 fully saturated rings. The van der Waals surface area contributed by atoms with E-state index >= 15 is 0 Å². The number of nitrogens with one attached hydrogen (secondary N) is 2. The van der Waals surface area contributed by atoms with Crippen LogP contribution in [0.4, 0.5) is 5.69 Å². The van der Waals surface area contributed by atoms with E-state index in [0.29, 0.717) is 5.69 Å². The minimum absolute atomic E-state index is 0.221. The van der Waals surface area contributed by atoms with Crippen LogP contribution in [0, 0.1) is 0 Å². The molecule has 2 amide bonds. The second-order valence-electron chi connectivity index (χ2n) is 5.86. The zero-order valence-electron chi connectivity index (χ0n) is 14.2. The zero-order valence-corrected chi connectivity index (χ0v) is 14.2. The molecule has 0 aliphatic carbocycles. The van der Waals surface area contributed by atoms with Crippen molar-refractivity contribution >= 4 is 17.5 Å². The molecular weight excluding hydrogens is 300 g/mol. The summed E-state index contributed by atoms with van der Waals surface area (Å²) in [6.07, 6.45) is 3.32. The Hall–Kier alpha value is -2.62. The minimum Gasteiger partial charge on any atom is -0.341 e. The van der Waals surface area contributed by atoms with Crippen LogP contribution in [-0.4, -0.2) is 11.8 Å². The van der Waals surface area contributed by atoms with Crippen LogP contribution in [-0.2, 0) is 16.0 Å². The highest BCUT2D eigenvalue weighted by Gasteiger charge is 2.17. The highest BCUT2D eigenvalue weighted by molar-refractivity contribution is 6.39. The molecule has 0 heterocycles. The SMILES string of the molecule is CCCCc1ccc(NC(=O)C(=O)N[C@@H](C)c2ccccc2)cc1. The molecule has 24 heavy (non-hydrogen) atoms. The number of unbranched alkanes of at least 4 members (excludes halogenated alkanes) is 1. The number of aryl methyl sites for hydroxylation is 1. The lowest BCUT2D eigenvalue weighted by molar-refractivity contribution is -0.136. The Balaban J connectivity index is 1.88. The zero-order chi connectivity index (χ0) is 17.4. The van der Waals surface area contributed by atoms with Crippen LogP contribution in [0.3, 0.4) is 0 Å². The molecule has 2 aromatic rings. The van der Waals surface area contributed by atoms with Crippen LogP contribution in [0.5, 0.6) is 0 Å². The van der Waals surface area contributed by atoms with Crippen LogP contribution in [0.2, 0.25) is 0 Å². The Morgan fingerprint density at radius 2 is 1.62 bits per heavy atom. The molecule has 0 unspecified atom stereocenters. The van der Waals surface area contributed by atoms with Crippen LogP contribution in [0.25, 0.3) is 0 Å². The fourth-order valence-electron chi connectivity index (χ4n) is 2.41. The fraction of sp³-hybridized carbons (Fsp3) is 0.300. The fourth-order valence-corrected chi connectivity index (χ4v) is 2.41. The van der Waals surface area contributed by atoms with Crippen molar-refractivity contribution in [2.24, 2.45) is 0 Å². The van der Waals surface area contributed by atoms with Crippen molar-refractivity contribution in [1.29, 1.82) is 0 Å². The molecule has 1 atom stereocenters. The molecule has 2 aromatic carbocycles. The molecule has 4 heteroatoms. The summed E-state index contributed by atoms with van der Waals surface area (Å²) in [5, 5.41) is 5.34. The predicted molar refractivity (Wildman–Crippen MR) is 96.7 cm³/mol. The van der Waals surface area contributed by atoms with E-state index in [1.165, 1.54) is 5.56 Å². The van der Waals surface area contributed by atoms with Gasteiger partial charge in [0.15, 0.2) is 0 Å². The summed E-state index contributed by atoms with van der Waals surface area (Å²) in [5.74, 6) is -1.29. The first-order valence-corrected chi connectivity index (χ1v) is 8.36. The van der Waals surface area contributed by atoms with E-state index in [-0.39, 0.29) is 6.04 Å².